The van der Waals surface area contributed by atoms with Crippen LogP contribution in [-0.2, 0) is 0 Å². The molecule has 0 atom stereocenters. The highest BCUT2D eigenvalue weighted by molar-refractivity contribution is 6.35. The van der Waals surface area contributed by atoms with Crippen molar-refractivity contribution >= 4 is 17.7 Å². The van der Waals surface area contributed by atoms with Crippen molar-refractivity contribution < 1.29 is 13.9 Å². The van der Waals surface area contributed by atoms with E-state index in [0.717, 1.165) is 5.56 Å². The van der Waals surface area contributed by atoms with Crippen molar-refractivity contribution in [1.82, 2.24) is 0 Å². The average Bonchev–Trinajstić information content (AvgIpc) is 2.51. The van der Waals surface area contributed by atoms with Gasteiger partial charge in [0.25, 0.3) is 0 Å². The smallest absolute Gasteiger partial charge is 0.188 e. The summed E-state index contributed by atoms with van der Waals surface area (Å²) in [5.41, 5.74) is 1.68. The molecule has 0 saturated heterocycles. The minimum absolute atomic E-state index is 0.145. The molecular formula is C17H17ClO4. The molecule has 0 aliphatic heterocycles. The second-order valence-electron chi connectivity index (χ2n) is 4.76. The Balaban J connectivity index is 2.85. The zero-order chi connectivity index (χ0) is 16.4. The summed E-state index contributed by atoms with van der Waals surface area (Å²) in [4.78, 5) is 12.1. The van der Waals surface area contributed by atoms with Gasteiger partial charge in [-0.2, -0.15) is 0 Å². The third kappa shape index (κ3) is 2.62. The number of benzene rings is 1. The lowest BCUT2D eigenvalue weighted by Crippen LogP contribution is -2.06. The van der Waals surface area contributed by atoms with Crippen LogP contribution in [0, 0.1) is 13.8 Å². The van der Waals surface area contributed by atoms with Crippen LogP contribution >= 0.6 is 11.6 Å². The summed E-state index contributed by atoms with van der Waals surface area (Å²) in [7, 11) is 3.07. The van der Waals surface area contributed by atoms with Gasteiger partial charge in [-0.05, 0) is 19.9 Å². The molecule has 0 fully saturated rings. The number of methoxy groups -OCH3 is 2. The Morgan fingerprint density at radius 2 is 1.77 bits per heavy atom. The van der Waals surface area contributed by atoms with Crippen LogP contribution < -0.4 is 14.9 Å². The molecule has 0 saturated carbocycles. The van der Waals surface area contributed by atoms with Crippen molar-refractivity contribution in [2.24, 2.45) is 0 Å². The van der Waals surface area contributed by atoms with Gasteiger partial charge in [0.05, 0.1) is 19.2 Å². The van der Waals surface area contributed by atoms with Crippen molar-refractivity contribution in [3.05, 3.63) is 50.8 Å². The van der Waals surface area contributed by atoms with Crippen LogP contribution in [0.1, 0.15) is 16.9 Å². The third-order valence-electron chi connectivity index (χ3n) is 3.54. The first kappa shape index (κ1) is 16.2. The molecule has 1 aromatic heterocycles. The van der Waals surface area contributed by atoms with Gasteiger partial charge in [-0.1, -0.05) is 18.2 Å². The Morgan fingerprint density at radius 1 is 1.14 bits per heavy atom. The van der Waals surface area contributed by atoms with Crippen molar-refractivity contribution in [2.75, 3.05) is 14.2 Å². The molecule has 0 N–H and O–H groups in total. The highest BCUT2D eigenvalue weighted by Gasteiger charge is 2.20. The topological polar surface area (TPSA) is 48.7 Å². The predicted octanol–water partition coefficient (Wildman–Crippen LogP) is 4.24. The Morgan fingerprint density at radius 3 is 2.32 bits per heavy atom. The van der Waals surface area contributed by atoms with E-state index in [-0.39, 0.29) is 5.43 Å². The first-order valence-electron chi connectivity index (χ1n) is 6.63. The van der Waals surface area contributed by atoms with Crippen LogP contribution in [0.3, 0.4) is 0 Å². The van der Waals surface area contributed by atoms with E-state index in [2.05, 4.69) is 6.58 Å². The van der Waals surface area contributed by atoms with Gasteiger partial charge in [0.2, 0.25) is 0 Å². The molecule has 0 amide bonds. The SMILES string of the molecule is C=Cc1oc(-c2c(C)c(OC)cc(OC)c2Cl)cc(=O)c1C. The molecule has 0 unspecified atom stereocenters. The second-order valence-corrected chi connectivity index (χ2v) is 5.14. The Bertz CT molecular complexity index is 762. The van der Waals surface area contributed by atoms with Gasteiger partial charge in [-0.25, -0.2) is 0 Å². The van der Waals surface area contributed by atoms with E-state index >= 15 is 0 Å². The molecular weight excluding hydrogens is 304 g/mol. The Kier molecular flexibility index (Phi) is 4.62. The molecule has 5 heteroatoms. The first-order chi connectivity index (χ1) is 10.4. The van der Waals surface area contributed by atoms with Crippen LogP contribution in [0.25, 0.3) is 17.4 Å². The van der Waals surface area contributed by atoms with Gasteiger partial charge in [-0.3, -0.25) is 4.79 Å². The lowest BCUT2D eigenvalue weighted by molar-refractivity contribution is 0.392. The predicted molar refractivity (Wildman–Crippen MR) is 88.1 cm³/mol. The maximum absolute atomic E-state index is 12.1. The lowest BCUT2D eigenvalue weighted by Gasteiger charge is -2.15. The summed E-state index contributed by atoms with van der Waals surface area (Å²) in [5.74, 6) is 1.81. The average molecular weight is 321 g/mol. The number of ether oxygens (including phenoxy) is 2. The van der Waals surface area contributed by atoms with E-state index in [1.54, 1.807) is 20.1 Å². The number of hydrogen-bond donors (Lipinski definition) is 0. The van der Waals surface area contributed by atoms with Crippen LogP contribution in [0.15, 0.2) is 27.9 Å². The highest BCUT2D eigenvalue weighted by Crippen LogP contribution is 2.42. The maximum atomic E-state index is 12.1. The summed E-state index contributed by atoms with van der Waals surface area (Å²) in [6.07, 6.45) is 1.50. The van der Waals surface area contributed by atoms with Crippen LogP contribution in [0.2, 0.25) is 5.02 Å². The number of hydrogen-bond acceptors (Lipinski definition) is 4. The quantitative estimate of drug-likeness (QED) is 0.845. The molecule has 0 aliphatic carbocycles. The van der Waals surface area contributed by atoms with Gasteiger partial charge >= 0.3 is 0 Å². The molecule has 1 aromatic carbocycles. The fourth-order valence-corrected chi connectivity index (χ4v) is 2.61. The second kappa shape index (κ2) is 6.28. The molecule has 4 nitrogen and oxygen atoms in total. The Labute approximate surface area is 133 Å². The van der Waals surface area contributed by atoms with Crippen LogP contribution in [-0.4, -0.2) is 14.2 Å². The van der Waals surface area contributed by atoms with Crippen molar-refractivity contribution in [3.63, 3.8) is 0 Å². The molecule has 1 heterocycles. The molecule has 22 heavy (non-hydrogen) atoms. The van der Waals surface area contributed by atoms with Gasteiger partial charge in [0, 0.05) is 28.8 Å². The van der Waals surface area contributed by atoms with E-state index < -0.39 is 0 Å². The Hall–Kier alpha value is -2.20. The van der Waals surface area contributed by atoms with Gasteiger partial charge in [0.1, 0.15) is 23.0 Å². The molecule has 2 rings (SSSR count). The van der Waals surface area contributed by atoms with E-state index in [9.17, 15) is 4.79 Å². The van der Waals surface area contributed by atoms with Gasteiger partial charge in [0.15, 0.2) is 5.43 Å². The van der Waals surface area contributed by atoms with E-state index in [4.69, 9.17) is 25.5 Å². The number of rotatable bonds is 4. The van der Waals surface area contributed by atoms with Crippen LogP contribution in [0.4, 0.5) is 0 Å². The summed E-state index contributed by atoms with van der Waals surface area (Å²) < 4.78 is 16.4. The fraction of sp³-hybridized carbons (Fsp3) is 0.235. The third-order valence-corrected chi connectivity index (χ3v) is 3.91. The molecule has 116 valence electrons. The minimum atomic E-state index is -0.145. The maximum Gasteiger partial charge on any atom is 0.188 e. The zero-order valence-corrected chi connectivity index (χ0v) is 13.7. The van der Waals surface area contributed by atoms with Crippen molar-refractivity contribution in [1.29, 1.82) is 0 Å². The number of halogens is 1. The van der Waals surface area contributed by atoms with E-state index in [0.29, 0.717) is 39.2 Å². The standard InChI is InChI=1S/C17H17ClO4/c1-6-12-9(2)11(19)7-14(22-12)16-10(3)13(20-4)8-15(21-5)17(16)18/h6-8H,1H2,2-5H3. The van der Waals surface area contributed by atoms with Crippen molar-refractivity contribution in [2.45, 2.75) is 13.8 Å². The van der Waals surface area contributed by atoms with Crippen molar-refractivity contribution in [3.8, 4) is 22.8 Å². The fourth-order valence-electron chi connectivity index (χ4n) is 2.25. The van der Waals surface area contributed by atoms with Gasteiger partial charge in [-0.15, -0.1) is 0 Å². The molecule has 0 aliphatic rings. The summed E-state index contributed by atoms with van der Waals surface area (Å²) in [5, 5.41) is 0.364. The summed E-state index contributed by atoms with van der Waals surface area (Å²) in [6.45, 7) is 7.19. The highest BCUT2D eigenvalue weighted by atomic mass is 35.5. The van der Waals surface area contributed by atoms with E-state index in [1.165, 1.54) is 19.3 Å². The summed E-state index contributed by atoms with van der Waals surface area (Å²) >= 11 is 6.40. The van der Waals surface area contributed by atoms with Crippen LogP contribution in [0.5, 0.6) is 11.5 Å². The van der Waals surface area contributed by atoms with Gasteiger partial charge < -0.3 is 13.9 Å². The van der Waals surface area contributed by atoms with E-state index in [1.807, 2.05) is 6.92 Å². The minimum Gasteiger partial charge on any atom is -0.496 e. The monoisotopic (exact) mass is 320 g/mol. The largest absolute Gasteiger partial charge is 0.496 e. The molecule has 2 aromatic rings. The lowest BCUT2D eigenvalue weighted by atomic mass is 10.0. The molecule has 0 bridgehead atoms. The zero-order valence-electron chi connectivity index (χ0n) is 13.0. The molecule has 0 radical (unpaired) electrons. The molecule has 0 spiro atoms. The first-order valence-corrected chi connectivity index (χ1v) is 7.01. The normalized spacial score (nSPS) is 10.4. The summed E-state index contributed by atoms with van der Waals surface area (Å²) in [6, 6.07) is 3.11.